The summed E-state index contributed by atoms with van der Waals surface area (Å²) in [6.45, 7) is 0. The number of benzene rings is 1. The van der Waals surface area contributed by atoms with Gasteiger partial charge in [0.1, 0.15) is 11.2 Å². The molecule has 4 heteroatoms. The Bertz CT molecular complexity index is 782. The molecule has 3 aromatic rings. The van der Waals surface area contributed by atoms with Crippen LogP contribution in [0.2, 0.25) is 0 Å². The van der Waals surface area contributed by atoms with Crippen molar-refractivity contribution < 1.29 is 9.52 Å². The highest BCUT2D eigenvalue weighted by Gasteiger charge is 2.08. The lowest BCUT2D eigenvalue weighted by Gasteiger charge is -1.99. The number of hydrogen-bond donors (Lipinski definition) is 1. The molecular formula is C16H12N2O2. The molecule has 0 spiro atoms. The van der Waals surface area contributed by atoms with Gasteiger partial charge in [0.05, 0.1) is 0 Å². The molecule has 0 atom stereocenters. The van der Waals surface area contributed by atoms with E-state index >= 15 is 0 Å². The fraction of sp³-hybridized carbons (Fsp3) is 0.125. The van der Waals surface area contributed by atoms with Gasteiger partial charge in [0.2, 0.25) is 0 Å². The first kappa shape index (κ1) is 12.2. The quantitative estimate of drug-likeness (QED) is 0.723. The van der Waals surface area contributed by atoms with Crippen LogP contribution in [0.15, 0.2) is 47.3 Å². The van der Waals surface area contributed by atoms with Crippen LogP contribution in [0.4, 0.5) is 0 Å². The third kappa shape index (κ3) is 2.47. The first-order chi connectivity index (χ1) is 9.84. The van der Waals surface area contributed by atoms with E-state index in [0.717, 1.165) is 17.7 Å². The summed E-state index contributed by atoms with van der Waals surface area (Å²) >= 11 is 0. The number of aromatic nitrogens is 2. The summed E-state index contributed by atoms with van der Waals surface area (Å²) in [6.07, 6.45) is 4.52. The smallest absolute Gasteiger partial charge is 0.196 e. The molecule has 0 radical (unpaired) electrons. The molecule has 0 amide bonds. The predicted octanol–water partition coefficient (Wildman–Crippen LogP) is 2.91. The number of aromatic hydroxyl groups is 1. The molecule has 2 aromatic heterocycles. The van der Waals surface area contributed by atoms with Crippen molar-refractivity contribution in [3.8, 4) is 17.6 Å². The average molecular weight is 264 g/mol. The predicted molar refractivity (Wildman–Crippen MR) is 75.1 cm³/mol. The number of fused-ring (bicyclic) bond motifs is 1. The Hall–Kier alpha value is -2.80. The van der Waals surface area contributed by atoms with Crippen molar-refractivity contribution in [3.05, 3.63) is 54.2 Å². The normalized spacial score (nSPS) is 10.2. The van der Waals surface area contributed by atoms with Crippen LogP contribution >= 0.6 is 0 Å². The zero-order valence-corrected chi connectivity index (χ0v) is 10.7. The highest BCUT2D eigenvalue weighted by atomic mass is 16.4. The maximum absolute atomic E-state index is 9.63. The second-order valence-electron chi connectivity index (χ2n) is 4.29. The highest BCUT2D eigenvalue weighted by Crippen LogP contribution is 2.27. The fourth-order valence-corrected chi connectivity index (χ4v) is 1.98. The van der Waals surface area contributed by atoms with Crippen LogP contribution in [0.5, 0.6) is 5.75 Å². The molecule has 20 heavy (non-hydrogen) atoms. The molecule has 0 fully saturated rings. The van der Waals surface area contributed by atoms with Gasteiger partial charge in [0.25, 0.3) is 0 Å². The topological polar surface area (TPSA) is 59.2 Å². The lowest BCUT2D eigenvalue weighted by atomic mass is 10.1. The molecule has 0 bridgehead atoms. The largest absolute Gasteiger partial charge is 0.504 e. The summed E-state index contributed by atoms with van der Waals surface area (Å²) in [6, 6.07) is 9.12. The number of pyridine rings is 1. The minimum atomic E-state index is 0.112. The lowest BCUT2D eigenvalue weighted by molar-refractivity contribution is 0.464. The van der Waals surface area contributed by atoms with Gasteiger partial charge in [-0.1, -0.05) is 18.1 Å². The molecule has 98 valence electrons. The van der Waals surface area contributed by atoms with Gasteiger partial charge < -0.3 is 9.52 Å². The minimum Gasteiger partial charge on any atom is -0.504 e. The van der Waals surface area contributed by atoms with E-state index in [-0.39, 0.29) is 5.75 Å². The summed E-state index contributed by atoms with van der Waals surface area (Å²) in [7, 11) is 0. The number of phenols is 1. The van der Waals surface area contributed by atoms with Crippen LogP contribution in [-0.2, 0) is 6.42 Å². The average Bonchev–Trinajstić information content (AvgIpc) is 2.97. The molecule has 0 aliphatic heterocycles. The fourth-order valence-electron chi connectivity index (χ4n) is 1.98. The summed E-state index contributed by atoms with van der Waals surface area (Å²) < 4.78 is 5.16. The second kappa shape index (κ2) is 5.45. The van der Waals surface area contributed by atoms with Gasteiger partial charge in [-0.15, -0.1) is 0 Å². The first-order valence-corrected chi connectivity index (χ1v) is 6.28. The van der Waals surface area contributed by atoms with Gasteiger partial charge in [0, 0.05) is 12.6 Å². The van der Waals surface area contributed by atoms with Gasteiger partial charge in [-0.05, 0) is 36.1 Å². The first-order valence-electron chi connectivity index (χ1n) is 6.28. The minimum absolute atomic E-state index is 0.112. The Morgan fingerprint density at radius 2 is 2.10 bits per heavy atom. The molecule has 1 aromatic carbocycles. The van der Waals surface area contributed by atoms with Gasteiger partial charge in [-0.2, -0.15) is 0 Å². The van der Waals surface area contributed by atoms with E-state index < -0.39 is 0 Å². The number of aryl methyl sites for hydroxylation is 1. The van der Waals surface area contributed by atoms with Crippen LogP contribution in [0, 0.1) is 11.8 Å². The Kier molecular flexibility index (Phi) is 3.34. The molecule has 1 N–H and O–H groups in total. The third-order valence-electron chi connectivity index (χ3n) is 2.95. The molecule has 0 saturated carbocycles. The van der Waals surface area contributed by atoms with E-state index in [0.29, 0.717) is 17.5 Å². The Balaban J connectivity index is 1.74. The van der Waals surface area contributed by atoms with E-state index in [2.05, 4.69) is 21.8 Å². The van der Waals surface area contributed by atoms with Crippen molar-refractivity contribution in [1.82, 2.24) is 9.97 Å². The van der Waals surface area contributed by atoms with Crippen LogP contribution in [0.1, 0.15) is 17.7 Å². The van der Waals surface area contributed by atoms with Gasteiger partial charge in [-0.3, -0.25) is 0 Å². The zero-order valence-electron chi connectivity index (χ0n) is 10.7. The van der Waals surface area contributed by atoms with E-state index in [9.17, 15) is 5.11 Å². The highest BCUT2D eigenvalue weighted by molar-refractivity contribution is 5.82. The summed E-state index contributed by atoms with van der Waals surface area (Å²) in [5.74, 6) is 6.21. The zero-order chi connectivity index (χ0) is 13.8. The van der Waals surface area contributed by atoms with Crippen molar-refractivity contribution >= 4 is 11.1 Å². The van der Waals surface area contributed by atoms with Gasteiger partial charge in [-0.25, -0.2) is 9.97 Å². The molecule has 0 aliphatic carbocycles. The molecule has 2 heterocycles. The maximum atomic E-state index is 9.63. The van der Waals surface area contributed by atoms with Crippen molar-refractivity contribution in [2.75, 3.05) is 0 Å². The number of hydrogen-bond acceptors (Lipinski definition) is 4. The number of rotatable bonds is 2. The number of nitrogens with zero attached hydrogens (tertiary/aromatic N) is 2. The Labute approximate surface area is 116 Å². The standard InChI is InChI=1S/C16H12N2O2/c19-14-9-8-12(15-16(14)20-11-18-15)5-1-2-6-13-7-3-4-10-17-13/h3-4,7-11,19H,1,5H2. The van der Waals surface area contributed by atoms with Crippen LogP contribution < -0.4 is 0 Å². The number of oxazole rings is 1. The Morgan fingerprint density at radius 1 is 1.15 bits per heavy atom. The van der Waals surface area contributed by atoms with Crippen molar-refractivity contribution in [2.45, 2.75) is 12.8 Å². The molecule has 4 nitrogen and oxygen atoms in total. The molecule has 0 saturated heterocycles. The summed E-state index contributed by atoms with van der Waals surface area (Å²) in [4.78, 5) is 8.27. The van der Waals surface area contributed by atoms with Crippen LogP contribution in [-0.4, -0.2) is 15.1 Å². The SMILES string of the molecule is Oc1ccc(CCC#Cc2ccccn2)c2ncoc12. The van der Waals surface area contributed by atoms with Crippen molar-refractivity contribution in [3.63, 3.8) is 0 Å². The van der Waals surface area contributed by atoms with E-state index in [1.165, 1.54) is 6.39 Å². The van der Waals surface area contributed by atoms with Crippen LogP contribution in [0.3, 0.4) is 0 Å². The van der Waals surface area contributed by atoms with Gasteiger partial charge in [0.15, 0.2) is 17.7 Å². The maximum Gasteiger partial charge on any atom is 0.196 e. The third-order valence-corrected chi connectivity index (χ3v) is 2.95. The van der Waals surface area contributed by atoms with Gasteiger partial charge >= 0.3 is 0 Å². The molecule has 3 rings (SSSR count). The van der Waals surface area contributed by atoms with Crippen molar-refractivity contribution in [1.29, 1.82) is 0 Å². The summed E-state index contributed by atoms with van der Waals surface area (Å²) in [5, 5.41) is 9.63. The molecule has 0 aliphatic rings. The Morgan fingerprint density at radius 3 is 2.95 bits per heavy atom. The molecular weight excluding hydrogens is 252 g/mol. The monoisotopic (exact) mass is 264 g/mol. The van der Waals surface area contributed by atoms with Crippen LogP contribution in [0.25, 0.3) is 11.1 Å². The van der Waals surface area contributed by atoms with Crippen molar-refractivity contribution in [2.24, 2.45) is 0 Å². The second-order valence-corrected chi connectivity index (χ2v) is 4.29. The van der Waals surface area contributed by atoms with E-state index in [1.807, 2.05) is 24.3 Å². The van der Waals surface area contributed by atoms with E-state index in [4.69, 9.17) is 4.42 Å². The summed E-state index contributed by atoms with van der Waals surface area (Å²) in [5.41, 5.74) is 2.91. The lowest BCUT2D eigenvalue weighted by Crippen LogP contribution is -1.86. The molecule has 0 unspecified atom stereocenters. The van der Waals surface area contributed by atoms with E-state index in [1.54, 1.807) is 12.3 Å². The number of phenolic OH excluding ortho intramolecular Hbond substituents is 1.